The Morgan fingerprint density at radius 1 is 1.15 bits per heavy atom. The molecule has 1 aromatic carbocycles. The minimum Gasteiger partial charge on any atom is -0.490 e. The summed E-state index contributed by atoms with van der Waals surface area (Å²) in [6.07, 6.45) is 3.58. The highest BCUT2D eigenvalue weighted by Crippen LogP contribution is 2.34. The Morgan fingerprint density at radius 2 is 1.95 bits per heavy atom. The number of nitrogens with zero attached hydrogens (tertiary/aromatic N) is 1. The zero-order valence-corrected chi connectivity index (χ0v) is 11.4. The van der Waals surface area contributed by atoms with Gasteiger partial charge in [0.15, 0.2) is 11.5 Å². The number of aliphatic hydroxyl groups excluding tert-OH is 1. The van der Waals surface area contributed by atoms with E-state index >= 15 is 0 Å². The molecule has 1 N–H and O–H groups in total. The number of hydrogen-bond donors (Lipinski definition) is 1. The lowest BCUT2D eigenvalue weighted by Crippen LogP contribution is -2.03. The Kier molecular flexibility index (Phi) is 3.56. The summed E-state index contributed by atoms with van der Waals surface area (Å²) >= 11 is 0. The van der Waals surface area contributed by atoms with E-state index in [9.17, 15) is 5.11 Å². The van der Waals surface area contributed by atoms with Gasteiger partial charge in [-0.2, -0.15) is 0 Å². The molecule has 0 fully saturated rings. The van der Waals surface area contributed by atoms with Crippen LogP contribution >= 0.6 is 0 Å². The van der Waals surface area contributed by atoms with Crippen molar-refractivity contribution in [3.05, 3.63) is 53.3 Å². The SMILES string of the molecule is Cc1ccncc1C(O)c1ccc2c(c1)OCCCO2. The number of pyridine rings is 1. The summed E-state index contributed by atoms with van der Waals surface area (Å²) in [5, 5.41) is 10.5. The van der Waals surface area contributed by atoms with E-state index in [1.807, 2.05) is 31.2 Å². The maximum atomic E-state index is 10.5. The van der Waals surface area contributed by atoms with Gasteiger partial charge in [0, 0.05) is 24.4 Å². The van der Waals surface area contributed by atoms with Crippen LogP contribution < -0.4 is 9.47 Å². The lowest BCUT2D eigenvalue weighted by Gasteiger charge is -2.15. The third kappa shape index (κ3) is 2.47. The van der Waals surface area contributed by atoms with Crippen LogP contribution in [0.1, 0.15) is 29.2 Å². The summed E-state index contributed by atoms with van der Waals surface area (Å²) in [5.74, 6) is 1.43. The number of fused-ring (bicyclic) bond motifs is 1. The average Bonchev–Trinajstić information content (AvgIpc) is 2.71. The third-order valence-corrected chi connectivity index (χ3v) is 3.46. The van der Waals surface area contributed by atoms with Crippen molar-refractivity contribution in [1.29, 1.82) is 0 Å². The molecule has 2 aromatic rings. The van der Waals surface area contributed by atoms with Gasteiger partial charge in [-0.25, -0.2) is 0 Å². The zero-order chi connectivity index (χ0) is 13.9. The number of aryl methyl sites for hydroxylation is 1. The van der Waals surface area contributed by atoms with E-state index < -0.39 is 6.10 Å². The summed E-state index contributed by atoms with van der Waals surface area (Å²) in [7, 11) is 0. The van der Waals surface area contributed by atoms with Crippen molar-refractivity contribution >= 4 is 0 Å². The summed E-state index contributed by atoms with van der Waals surface area (Å²) in [4.78, 5) is 4.08. The highest BCUT2D eigenvalue weighted by atomic mass is 16.5. The molecule has 1 aliphatic rings. The van der Waals surface area contributed by atoms with Gasteiger partial charge in [-0.1, -0.05) is 6.07 Å². The normalized spacial score (nSPS) is 15.5. The van der Waals surface area contributed by atoms with E-state index in [2.05, 4.69) is 4.98 Å². The number of rotatable bonds is 2. The third-order valence-electron chi connectivity index (χ3n) is 3.46. The minimum atomic E-state index is -0.708. The molecule has 0 spiro atoms. The molecular weight excluding hydrogens is 254 g/mol. The number of benzene rings is 1. The molecule has 0 saturated heterocycles. The standard InChI is InChI=1S/C16H17NO3/c1-11-5-6-17-10-13(11)16(18)12-3-4-14-15(9-12)20-8-2-7-19-14/h3-6,9-10,16,18H,2,7-8H2,1H3. The fraction of sp³-hybridized carbons (Fsp3) is 0.312. The molecule has 0 radical (unpaired) electrons. The van der Waals surface area contributed by atoms with Gasteiger partial charge in [0.25, 0.3) is 0 Å². The van der Waals surface area contributed by atoms with Crippen LogP contribution in [-0.4, -0.2) is 23.3 Å². The molecule has 3 rings (SSSR count). The largest absolute Gasteiger partial charge is 0.490 e. The van der Waals surface area contributed by atoms with E-state index in [4.69, 9.17) is 9.47 Å². The molecular formula is C16H17NO3. The van der Waals surface area contributed by atoms with Crippen LogP contribution in [-0.2, 0) is 0 Å². The van der Waals surface area contributed by atoms with Crippen molar-refractivity contribution < 1.29 is 14.6 Å². The average molecular weight is 271 g/mol. The minimum absolute atomic E-state index is 0.637. The van der Waals surface area contributed by atoms with Crippen LogP contribution in [0.5, 0.6) is 11.5 Å². The van der Waals surface area contributed by atoms with Gasteiger partial charge in [0.1, 0.15) is 6.10 Å². The molecule has 4 heteroatoms. The van der Waals surface area contributed by atoms with E-state index in [0.717, 1.165) is 28.9 Å². The second-order valence-corrected chi connectivity index (χ2v) is 4.89. The molecule has 2 heterocycles. The van der Waals surface area contributed by atoms with Crippen LogP contribution in [0.4, 0.5) is 0 Å². The monoisotopic (exact) mass is 271 g/mol. The lowest BCUT2D eigenvalue weighted by atomic mass is 9.99. The molecule has 1 atom stereocenters. The first-order valence-electron chi connectivity index (χ1n) is 6.74. The van der Waals surface area contributed by atoms with Crippen molar-refractivity contribution in [2.24, 2.45) is 0 Å². The van der Waals surface area contributed by atoms with Gasteiger partial charge in [0.05, 0.1) is 13.2 Å². The first-order valence-corrected chi connectivity index (χ1v) is 6.74. The molecule has 104 valence electrons. The van der Waals surface area contributed by atoms with Crippen molar-refractivity contribution in [3.63, 3.8) is 0 Å². The molecule has 20 heavy (non-hydrogen) atoms. The van der Waals surface area contributed by atoms with Crippen molar-refractivity contribution in [1.82, 2.24) is 4.98 Å². The number of aliphatic hydroxyl groups is 1. The highest BCUT2D eigenvalue weighted by Gasteiger charge is 2.17. The van der Waals surface area contributed by atoms with Gasteiger partial charge in [0.2, 0.25) is 0 Å². The number of hydrogen-bond acceptors (Lipinski definition) is 4. The predicted molar refractivity (Wildman–Crippen MR) is 75.1 cm³/mol. The maximum absolute atomic E-state index is 10.5. The highest BCUT2D eigenvalue weighted by molar-refractivity contribution is 5.46. The van der Waals surface area contributed by atoms with E-state index in [0.29, 0.717) is 19.0 Å². The van der Waals surface area contributed by atoms with Gasteiger partial charge in [-0.3, -0.25) is 4.98 Å². The Bertz CT molecular complexity index is 612. The van der Waals surface area contributed by atoms with Gasteiger partial charge < -0.3 is 14.6 Å². The van der Waals surface area contributed by atoms with Crippen LogP contribution in [0.3, 0.4) is 0 Å². The molecule has 4 nitrogen and oxygen atoms in total. The van der Waals surface area contributed by atoms with Crippen LogP contribution in [0.25, 0.3) is 0 Å². The Hall–Kier alpha value is -2.07. The van der Waals surface area contributed by atoms with Crippen LogP contribution in [0, 0.1) is 6.92 Å². The fourth-order valence-corrected chi connectivity index (χ4v) is 2.29. The molecule has 0 saturated carbocycles. The van der Waals surface area contributed by atoms with Gasteiger partial charge in [-0.15, -0.1) is 0 Å². The maximum Gasteiger partial charge on any atom is 0.161 e. The molecule has 0 bridgehead atoms. The molecule has 0 aliphatic carbocycles. The van der Waals surface area contributed by atoms with Crippen LogP contribution in [0.2, 0.25) is 0 Å². The first kappa shape index (κ1) is 12.9. The summed E-state index contributed by atoms with van der Waals surface area (Å²) in [5.41, 5.74) is 2.60. The Morgan fingerprint density at radius 3 is 2.75 bits per heavy atom. The van der Waals surface area contributed by atoms with E-state index in [1.54, 1.807) is 12.4 Å². The second-order valence-electron chi connectivity index (χ2n) is 4.89. The molecule has 1 aliphatic heterocycles. The molecule has 1 unspecified atom stereocenters. The van der Waals surface area contributed by atoms with Crippen molar-refractivity contribution in [2.75, 3.05) is 13.2 Å². The predicted octanol–water partition coefficient (Wildman–Crippen LogP) is 2.63. The number of ether oxygens (including phenoxy) is 2. The van der Waals surface area contributed by atoms with Crippen LogP contribution in [0.15, 0.2) is 36.7 Å². The smallest absolute Gasteiger partial charge is 0.161 e. The van der Waals surface area contributed by atoms with E-state index in [-0.39, 0.29) is 0 Å². The van der Waals surface area contributed by atoms with Gasteiger partial charge in [-0.05, 0) is 36.2 Å². The fourth-order valence-electron chi connectivity index (χ4n) is 2.29. The zero-order valence-electron chi connectivity index (χ0n) is 11.4. The summed E-state index contributed by atoms with van der Waals surface area (Å²) in [6, 6.07) is 7.45. The van der Waals surface area contributed by atoms with Crippen molar-refractivity contribution in [2.45, 2.75) is 19.4 Å². The Labute approximate surface area is 118 Å². The number of aromatic nitrogens is 1. The van der Waals surface area contributed by atoms with E-state index in [1.165, 1.54) is 0 Å². The van der Waals surface area contributed by atoms with Crippen molar-refractivity contribution in [3.8, 4) is 11.5 Å². The topological polar surface area (TPSA) is 51.6 Å². The Balaban J connectivity index is 1.94. The lowest BCUT2D eigenvalue weighted by molar-refractivity contribution is 0.218. The second kappa shape index (κ2) is 5.51. The summed E-state index contributed by atoms with van der Waals surface area (Å²) in [6.45, 7) is 3.26. The molecule has 0 amide bonds. The molecule has 1 aromatic heterocycles. The first-order chi connectivity index (χ1) is 9.75. The summed E-state index contributed by atoms with van der Waals surface area (Å²) < 4.78 is 11.2. The van der Waals surface area contributed by atoms with Gasteiger partial charge >= 0.3 is 0 Å². The quantitative estimate of drug-likeness (QED) is 0.912.